The number of halogens is 1. The van der Waals surface area contributed by atoms with Gasteiger partial charge in [-0.3, -0.25) is 9.79 Å². The van der Waals surface area contributed by atoms with E-state index in [0.717, 1.165) is 6.07 Å². The number of fused-ring (bicyclic) bond motifs is 1. The average Bonchev–Trinajstić information content (AvgIpc) is 3.03. The van der Waals surface area contributed by atoms with Gasteiger partial charge in [-0.05, 0) is 55.0 Å². The molecule has 3 aromatic rings. The van der Waals surface area contributed by atoms with Gasteiger partial charge in [0.1, 0.15) is 22.2 Å². The van der Waals surface area contributed by atoms with Crippen LogP contribution in [0.15, 0.2) is 81.5 Å². The molecule has 4 rings (SSSR count). The zero-order chi connectivity index (χ0) is 22.2. The molecule has 0 aromatic heterocycles. The summed E-state index contributed by atoms with van der Waals surface area (Å²) in [5.74, 6) is -1.31. The minimum Gasteiger partial charge on any atom is -0.481 e. The van der Waals surface area contributed by atoms with Crippen LogP contribution in [0.4, 0.5) is 4.39 Å². The maximum Gasteiger partial charge on any atom is 0.307 e. The first-order chi connectivity index (χ1) is 14.8. The van der Waals surface area contributed by atoms with Crippen molar-refractivity contribution in [2.75, 3.05) is 0 Å². The summed E-state index contributed by atoms with van der Waals surface area (Å²) >= 11 is 0. The molecule has 1 aliphatic heterocycles. The fourth-order valence-electron chi connectivity index (χ4n) is 3.57. The molecule has 1 unspecified atom stereocenters. The van der Waals surface area contributed by atoms with Crippen molar-refractivity contribution in [3.8, 4) is 11.5 Å². The molecule has 1 N–H and O–H groups in total. The molecule has 0 radical (unpaired) electrons. The summed E-state index contributed by atoms with van der Waals surface area (Å²) in [4.78, 5) is 14.9. The Morgan fingerprint density at radius 1 is 1.06 bits per heavy atom. The second kappa shape index (κ2) is 7.96. The van der Waals surface area contributed by atoms with E-state index in [1.807, 2.05) is 6.07 Å². The van der Waals surface area contributed by atoms with E-state index in [0.29, 0.717) is 5.75 Å². The van der Waals surface area contributed by atoms with Gasteiger partial charge in [-0.25, -0.2) is 12.8 Å². The zero-order valence-corrected chi connectivity index (χ0v) is 17.3. The van der Waals surface area contributed by atoms with Gasteiger partial charge in [0.25, 0.3) is 0 Å². The quantitative estimate of drug-likeness (QED) is 0.637. The van der Waals surface area contributed by atoms with Crippen LogP contribution in [0.25, 0.3) is 5.57 Å². The predicted molar refractivity (Wildman–Crippen MR) is 111 cm³/mol. The van der Waals surface area contributed by atoms with Crippen molar-refractivity contribution in [1.29, 1.82) is 0 Å². The minimum atomic E-state index is -4.33. The molecule has 1 heterocycles. The Labute approximate surface area is 177 Å². The number of benzene rings is 3. The highest BCUT2D eigenvalue weighted by Gasteiger charge is 2.29. The lowest BCUT2D eigenvalue weighted by atomic mass is 10.0. The maximum atomic E-state index is 14.9. The van der Waals surface area contributed by atoms with E-state index >= 15 is 0 Å². The summed E-state index contributed by atoms with van der Waals surface area (Å²) in [6, 6.07) is 16.4. The first kappa shape index (κ1) is 20.7. The number of para-hydroxylation sites is 1. The maximum absolute atomic E-state index is 14.9. The smallest absolute Gasteiger partial charge is 0.307 e. The Hall–Kier alpha value is -3.52. The molecule has 0 aliphatic carbocycles. The normalized spacial score (nSPS) is 15.3. The summed E-state index contributed by atoms with van der Waals surface area (Å²) in [5, 5.41) is 9.55. The van der Waals surface area contributed by atoms with Crippen molar-refractivity contribution in [2.45, 2.75) is 29.2 Å². The van der Waals surface area contributed by atoms with Crippen molar-refractivity contribution in [3.05, 3.63) is 83.1 Å². The van der Waals surface area contributed by atoms with E-state index in [2.05, 4.69) is 4.99 Å². The highest BCUT2D eigenvalue weighted by molar-refractivity contribution is 7.91. The first-order valence-electron chi connectivity index (χ1n) is 9.46. The van der Waals surface area contributed by atoms with Gasteiger partial charge in [-0.15, -0.1) is 0 Å². The van der Waals surface area contributed by atoms with Gasteiger partial charge in [0.05, 0.1) is 22.7 Å². The van der Waals surface area contributed by atoms with Crippen LogP contribution in [0.1, 0.15) is 13.3 Å². The van der Waals surface area contributed by atoms with E-state index < -0.39 is 39.0 Å². The van der Waals surface area contributed by atoms with Gasteiger partial charge in [0.2, 0.25) is 9.84 Å². The number of carbonyl (C=O) groups is 1. The number of aliphatic carboxylic acids is 1. The van der Waals surface area contributed by atoms with E-state index in [9.17, 15) is 22.7 Å². The second-order valence-electron chi connectivity index (χ2n) is 7.06. The third-order valence-electron chi connectivity index (χ3n) is 4.95. The van der Waals surface area contributed by atoms with Crippen LogP contribution in [0.5, 0.6) is 11.5 Å². The van der Waals surface area contributed by atoms with Crippen LogP contribution in [-0.2, 0) is 14.6 Å². The number of rotatable bonds is 6. The van der Waals surface area contributed by atoms with E-state index in [4.69, 9.17) is 4.74 Å². The van der Waals surface area contributed by atoms with Crippen LogP contribution >= 0.6 is 0 Å². The van der Waals surface area contributed by atoms with E-state index in [1.165, 1.54) is 24.3 Å². The minimum absolute atomic E-state index is 0.0317. The third kappa shape index (κ3) is 3.94. The Kier molecular flexibility index (Phi) is 5.32. The van der Waals surface area contributed by atoms with Crippen LogP contribution in [0.3, 0.4) is 0 Å². The highest BCUT2D eigenvalue weighted by atomic mass is 32.2. The van der Waals surface area contributed by atoms with Crippen molar-refractivity contribution >= 4 is 21.4 Å². The number of ether oxygens (including phenoxy) is 1. The summed E-state index contributed by atoms with van der Waals surface area (Å²) < 4.78 is 47.5. The van der Waals surface area contributed by atoms with Gasteiger partial charge in [0, 0.05) is 5.22 Å². The van der Waals surface area contributed by atoms with Crippen molar-refractivity contribution in [2.24, 2.45) is 4.99 Å². The Morgan fingerprint density at radius 2 is 1.77 bits per heavy atom. The summed E-state index contributed by atoms with van der Waals surface area (Å²) in [7, 11) is -4.33. The number of nitrogens with zero attached hydrogens (tertiary/aromatic N) is 1. The molecule has 1 aliphatic rings. The Bertz CT molecular complexity index is 1400. The molecule has 3 aromatic carbocycles. The van der Waals surface area contributed by atoms with Crippen LogP contribution < -0.4 is 15.3 Å². The van der Waals surface area contributed by atoms with Gasteiger partial charge in [0.15, 0.2) is 0 Å². The monoisotopic (exact) mass is 439 g/mol. The fourth-order valence-corrected chi connectivity index (χ4v) is 5.16. The molecule has 8 heteroatoms. The molecule has 0 fully saturated rings. The number of carboxylic acid groups (broad SMARTS) is 1. The molecule has 158 valence electrons. The lowest BCUT2D eigenvalue weighted by Crippen LogP contribution is -2.32. The number of carboxylic acids is 1. The SMILES string of the molecule is CC1N=c2ccc(F)c(S(=O)(=O)c3cccc(Oc4ccccc4)c3)c2=C1CC(=O)O. The van der Waals surface area contributed by atoms with Crippen LogP contribution in [-0.4, -0.2) is 25.5 Å². The van der Waals surface area contributed by atoms with Crippen molar-refractivity contribution < 1.29 is 27.4 Å². The molecule has 1 atom stereocenters. The molecule has 0 amide bonds. The van der Waals surface area contributed by atoms with Crippen molar-refractivity contribution in [3.63, 3.8) is 0 Å². The lowest BCUT2D eigenvalue weighted by molar-refractivity contribution is -0.135. The van der Waals surface area contributed by atoms with Crippen LogP contribution in [0, 0.1) is 5.82 Å². The van der Waals surface area contributed by atoms with Gasteiger partial charge >= 0.3 is 5.97 Å². The molecule has 0 bridgehead atoms. The van der Waals surface area contributed by atoms with Crippen molar-refractivity contribution in [1.82, 2.24) is 0 Å². The highest BCUT2D eigenvalue weighted by Crippen LogP contribution is 2.28. The second-order valence-corrected chi connectivity index (χ2v) is 8.95. The lowest BCUT2D eigenvalue weighted by Gasteiger charge is -2.11. The molecular formula is C23H18FNO5S. The third-order valence-corrected chi connectivity index (χ3v) is 6.76. The number of sulfone groups is 1. The molecule has 0 saturated heterocycles. The average molecular weight is 439 g/mol. The van der Waals surface area contributed by atoms with Gasteiger partial charge in [-0.1, -0.05) is 24.3 Å². The predicted octanol–water partition coefficient (Wildman–Crippen LogP) is 3.10. The largest absolute Gasteiger partial charge is 0.481 e. The fraction of sp³-hybridized carbons (Fsp3) is 0.130. The van der Waals surface area contributed by atoms with E-state index in [1.54, 1.807) is 37.3 Å². The Morgan fingerprint density at radius 3 is 2.48 bits per heavy atom. The first-order valence-corrected chi connectivity index (χ1v) is 10.9. The molecule has 0 saturated carbocycles. The topological polar surface area (TPSA) is 93.0 Å². The van der Waals surface area contributed by atoms with Gasteiger partial charge < -0.3 is 9.84 Å². The zero-order valence-electron chi connectivity index (χ0n) is 16.4. The summed E-state index contributed by atoms with van der Waals surface area (Å²) in [5.41, 5.74) is 0.261. The molecule has 6 nitrogen and oxygen atoms in total. The Balaban J connectivity index is 1.88. The number of hydrogen-bond donors (Lipinski definition) is 1. The standard InChI is InChI=1S/C23H18FNO5S/c1-14-18(13-21(26)27)22-20(25-14)11-10-19(24)23(22)31(28,29)17-9-5-8-16(12-17)30-15-6-3-2-4-7-15/h2-12,14H,13H2,1H3,(H,26,27). The number of hydrogen-bond acceptors (Lipinski definition) is 5. The van der Waals surface area contributed by atoms with E-state index in [-0.39, 0.29) is 26.8 Å². The van der Waals surface area contributed by atoms with Gasteiger partial charge in [-0.2, -0.15) is 0 Å². The summed E-state index contributed by atoms with van der Waals surface area (Å²) in [6.07, 6.45) is -0.430. The van der Waals surface area contributed by atoms with Crippen LogP contribution in [0.2, 0.25) is 0 Å². The summed E-state index contributed by atoms with van der Waals surface area (Å²) in [6.45, 7) is 1.65. The molecule has 31 heavy (non-hydrogen) atoms. The molecule has 0 spiro atoms. The molecular weight excluding hydrogens is 421 g/mol.